The van der Waals surface area contributed by atoms with Crippen LogP contribution in [0.1, 0.15) is 50.7 Å². The molecule has 5 rings (SSSR count). The summed E-state index contributed by atoms with van der Waals surface area (Å²) in [5.41, 5.74) is 4.28. The zero-order valence-corrected chi connectivity index (χ0v) is 21.6. The Bertz CT molecular complexity index is 1150. The number of hydrogen-bond donors (Lipinski definition) is 1. The third-order valence-corrected chi connectivity index (χ3v) is 7.64. The van der Waals surface area contributed by atoms with Crippen molar-refractivity contribution in [1.29, 1.82) is 0 Å². The van der Waals surface area contributed by atoms with Crippen molar-refractivity contribution in [3.05, 3.63) is 77.3 Å². The van der Waals surface area contributed by atoms with Crippen molar-refractivity contribution in [2.75, 3.05) is 22.9 Å². The number of piperidine rings is 1. The van der Waals surface area contributed by atoms with Crippen molar-refractivity contribution in [2.24, 2.45) is 11.8 Å². The maximum Gasteiger partial charge on any atom is 0.174 e. The van der Waals surface area contributed by atoms with Crippen LogP contribution in [0.2, 0.25) is 5.02 Å². The summed E-state index contributed by atoms with van der Waals surface area (Å²) in [7, 11) is 0. The molecule has 1 aromatic carbocycles. The van der Waals surface area contributed by atoms with Crippen LogP contribution in [0.25, 0.3) is 0 Å². The van der Waals surface area contributed by atoms with Crippen LogP contribution in [-0.2, 0) is 6.54 Å². The van der Waals surface area contributed by atoms with Crippen molar-refractivity contribution in [1.82, 2.24) is 14.9 Å². The van der Waals surface area contributed by atoms with E-state index in [1.807, 2.05) is 18.3 Å². The lowest BCUT2D eigenvalue weighted by Gasteiger charge is -2.37. The quantitative estimate of drug-likeness (QED) is 0.427. The summed E-state index contributed by atoms with van der Waals surface area (Å²) in [6.07, 6.45) is 5.23. The molecule has 3 aromatic rings. The number of nitrogens with zero attached hydrogens (tertiary/aromatic N) is 4. The molecule has 0 unspecified atom stereocenters. The molecule has 0 spiro atoms. The Balaban J connectivity index is 1.53. The van der Waals surface area contributed by atoms with Crippen molar-refractivity contribution < 1.29 is 0 Å². The van der Waals surface area contributed by atoms with Gasteiger partial charge in [0.25, 0.3) is 0 Å². The normalized spacial score (nSPS) is 25.0. The molecule has 4 atom stereocenters. The van der Waals surface area contributed by atoms with Gasteiger partial charge >= 0.3 is 0 Å². The Morgan fingerprint density at radius 1 is 1.09 bits per heavy atom. The van der Waals surface area contributed by atoms with Gasteiger partial charge in [0, 0.05) is 43.4 Å². The van der Waals surface area contributed by atoms with E-state index in [1.165, 1.54) is 12.1 Å². The summed E-state index contributed by atoms with van der Waals surface area (Å²) in [5, 5.41) is 5.00. The molecule has 0 bridgehead atoms. The molecule has 178 valence electrons. The number of rotatable bonds is 5. The van der Waals surface area contributed by atoms with Gasteiger partial charge in [0.2, 0.25) is 0 Å². The van der Waals surface area contributed by atoms with Crippen LogP contribution in [0.15, 0.2) is 60.9 Å². The first-order chi connectivity index (χ1) is 16.5. The van der Waals surface area contributed by atoms with Crippen LogP contribution in [0.4, 0.5) is 11.4 Å². The molecule has 4 heterocycles. The molecule has 5 nitrogen and oxygen atoms in total. The largest absolute Gasteiger partial charge is 0.370 e. The minimum absolute atomic E-state index is 0.0331. The summed E-state index contributed by atoms with van der Waals surface area (Å²) >= 11 is 12.8. The van der Waals surface area contributed by atoms with Gasteiger partial charge in [-0.15, -0.1) is 0 Å². The highest BCUT2D eigenvalue weighted by Gasteiger charge is 2.42. The summed E-state index contributed by atoms with van der Waals surface area (Å²) in [6, 6.07) is 16.6. The molecule has 2 aliphatic rings. The molecule has 34 heavy (non-hydrogen) atoms. The van der Waals surface area contributed by atoms with Gasteiger partial charge in [-0.2, -0.15) is 0 Å². The molecule has 2 saturated heterocycles. The Kier molecular flexibility index (Phi) is 6.54. The van der Waals surface area contributed by atoms with Crippen molar-refractivity contribution >= 4 is 40.3 Å². The van der Waals surface area contributed by atoms with Crippen LogP contribution in [-0.4, -0.2) is 27.8 Å². The van der Waals surface area contributed by atoms with E-state index >= 15 is 0 Å². The number of aromatic nitrogens is 2. The molecule has 1 N–H and O–H groups in total. The molecular formula is C27H32ClN5S. The monoisotopic (exact) mass is 493 g/mol. The highest BCUT2D eigenvalue weighted by Crippen LogP contribution is 2.43. The number of pyridine rings is 1. The van der Waals surface area contributed by atoms with Crippen LogP contribution >= 0.6 is 23.8 Å². The second kappa shape index (κ2) is 9.59. The first-order valence-electron chi connectivity index (χ1n) is 12.2. The Morgan fingerprint density at radius 2 is 1.88 bits per heavy atom. The van der Waals surface area contributed by atoms with Gasteiger partial charge in [-0.05, 0) is 79.9 Å². The smallest absolute Gasteiger partial charge is 0.174 e. The number of halogens is 1. The minimum Gasteiger partial charge on any atom is -0.370 e. The molecule has 2 aliphatic heterocycles. The fourth-order valence-electron chi connectivity index (χ4n) is 5.68. The van der Waals surface area contributed by atoms with E-state index in [2.05, 4.69) is 88.0 Å². The van der Waals surface area contributed by atoms with Gasteiger partial charge in [-0.3, -0.25) is 4.98 Å². The van der Waals surface area contributed by atoms with E-state index < -0.39 is 0 Å². The fourth-order valence-corrected chi connectivity index (χ4v) is 6.32. The zero-order valence-electron chi connectivity index (χ0n) is 20.0. The minimum atomic E-state index is -0.0591. The number of benzene rings is 1. The lowest BCUT2D eigenvalue weighted by atomic mass is 9.91. The molecule has 0 amide bonds. The van der Waals surface area contributed by atoms with E-state index in [9.17, 15) is 0 Å². The van der Waals surface area contributed by atoms with Gasteiger partial charge in [0.1, 0.15) is 6.04 Å². The molecular weight excluding hydrogens is 462 g/mol. The standard InChI is InChI=1S/C27H32ClN5S/c1-4-31-13-7-9-24(31)26-25(22-8-5-6-12-29-22)30-27(34)33(26)20-10-11-23(21(28)15-20)32-16-18(2)14-19(3)17-32/h5-13,15,18-19,25-26H,4,14,16-17H2,1-3H3,(H,30,34)/t18-,19-,25+,26-/m1/s1. The Hall–Kier alpha value is -2.57. The van der Waals surface area contributed by atoms with Crippen molar-refractivity contribution in [3.63, 3.8) is 0 Å². The topological polar surface area (TPSA) is 36.3 Å². The summed E-state index contributed by atoms with van der Waals surface area (Å²) in [6.45, 7) is 9.79. The number of anilines is 2. The molecule has 0 radical (unpaired) electrons. The maximum atomic E-state index is 6.92. The van der Waals surface area contributed by atoms with Crippen molar-refractivity contribution in [2.45, 2.75) is 45.8 Å². The average Bonchev–Trinajstić information content (AvgIpc) is 3.42. The van der Waals surface area contributed by atoms with Crippen molar-refractivity contribution in [3.8, 4) is 0 Å². The third kappa shape index (κ3) is 4.29. The van der Waals surface area contributed by atoms with Gasteiger partial charge in [0.15, 0.2) is 5.11 Å². The first-order valence-corrected chi connectivity index (χ1v) is 12.9. The van der Waals surface area contributed by atoms with Gasteiger partial charge in [-0.1, -0.05) is 31.5 Å². The third-order valence-electron chi connectivity index (χ3n) is 7.03. The zero-order chi connectivity index (χ0) is 23.8. The highest BCUT2D eigenvalue weighted by molar-refractivity contribution is 7.80. The van der Waals surface area contributed by atoms with E-state index in [0.717, 1.165) is 41.7 Å². The lowest BCUT2D eigenvalue weighted by molar-refractivity contribution is 0.357. The lowest BCUT2D eigenvalue weighted by Crippen LogP contribution is -2.38. The summed E-state index contributed by atoms with van der Waals surface area (Å²) in [4.78, 5) is 9.29. The average molecular weight is 494 g/mol. The summed E-state index contributed by atoms with van der Waals surface area (Å²) in [5.74, 6) is 1.33. The SMILES string of the molecule is CCn1cccc1[C@@H]1[C@H](c2ccccn2)NC(=S)N1c1ccc(N2C[C@H](C)C[C@@H](C)C2)c(Cl)c1. The molecule has 7 heteroatoms. The predicted octanol–water partition coefficient (Wildman–Crippen LogP) is 6.22. The molecule has 0 saturated carbocycles. The number of thiocarbonyl (C=S) groups is 1. The predicted molar refractivity (Wildman–Crippen MR) is 145 cm³/mol. The number of aryl methyl sites for hydroxylation is 1. The fraction of sp³-hybridized carbons (Fsp3) is 0.407. The van der Waals surface area contributed by atoms with E-state index in [1.54, 1.807) is 0 Å². The second-order valence-electron chi connectivity index (χ2n) is 9.70. The summed E-state index contributed by atoms with van der Waals surface area (Å²) < 4.78 is 2.27. The van der Waals surface area contributed by atoms with Gasteiger partial charge in [-0.25, -0.2) is 0 Å². The first kappa shape index (κ1) is 23.2. The van der Waals surface area contributed by atoms with Gasteiger partial charge < -0.3 is 19.7 Å². The Morgan fingerprint density at radius 3 is 2.56 bits per heavy atom. The molecule has 2 fully saturated rings. The van der Waals surface area contributed by atoms with Crippen LogP contribution in [0.5, 0.6) is 0 Å². The van der Waals surface area contributed by atoms with E-state index in [4.69, 9.17) is 23.8 Å². The Labute approximate surface area is 212 Å². The molecule has 2 aromatic heterocycles. The van der Waals surface area contributed by atoms with E-state index in [-0.39, 0.29) is 12.1 Å². The van der Waals surface area contributed by atoms with Crippen LogP contribution in [0, 0.1) is 11.8 Å². The maximum absolute atomic E-state index is 6.92. The number of hydrogen-bond acceptors (Lipinski definition) is 3. The highest BCUT2D eigenvalue weighted by atomic mass is 35.5. The van der Waals surface area contributed by atoms with Crippen LogP contribution < -0.4 is 15.1 Å². The van der Waals surface area contributed by atoms with Crippen LogP contribution in [0.3, 0.4) is 0 Å². The van der Waals surface area contributed by atoms with Gasteiger partial charge in [0.05, 0.1) is 22.4 Å². The number of nitrogens with one attached hydrogen (secondary N) is 1. The van der Waals surface area contributed by atoms with E-state index in [0.29, 0.717) is 16.9 Å². The molecule has 0 aliphatic carbocycles. The second-order valence-corrected chi connectivity index (χ2v) is 10.5.